The summed E-state index contributed by atoms with van der Waals surface area (Å²) in [7, 11) is -11.1. The number of hydrogen-bond acceptors (Lipinski definition) is 4. The fraction of sp³-hybridized carbons (Fsp3) is 0.167. The smallest absolute Gasteiger partial charge is 0.282 e. The monoisotopic (exact) mass is 424 g/mol. The molecule has 2 aromatic rings. The number of benzene rings is 2. The Morgan fingerprint density at radius 2 is 1.31 bits per heavy atom. The van der Waals surface area contributed by atoms with Crippen LogP contribution >= 0.6 is 0 Å². The Bertz CT molecular complexity index is 1100. The van der Waals surface area contributed by atoms with Gasteiger partial charge >= 0.3 is 12.4 Å². The molecule has 2 rings (SSSR count). The maximum absolute atomic E-state index is 13.2. The number of rotatable bonds is 2. The first-order valence-electron chi connectivity index (χ1n) is 6.15. The van der Waals surface area contributed by atoms with Crippen LogP contribution < -0.4 is 0 Å². The van der Waals surface area contributed by atoms with Gasteiger partial charge in [-0.15, -0.1) is 0 Å². The van der Waals surface area contributed by atoms with Crippen molar-refractivity contribution in [2.45, 2.75) is 22.1 Å². The van der Waals surface area contributed by atoms with Gasteiger partial charge in [-0.05, 0) is 12.1 Å². The zero-order chi connectivity index (χ0) is 20.3. The Labute approximate surface area is 141 Å². The molecular formula is C12H6F6O6S2. The van der Waals surface area contributed by atoms with Crippen molar-refractivity contribution in [2.75, 3.05) is 0 Å². The summed E-state index contributed by atoms with van der Waals surface area (Å²) < 4.78 is 143. The quantitative estimate of drug-likeness (QED) is 0.565. The number of alkyl halides is 6. The lowest BCUT2D eigenvalue weighted by Gasteiger charge is -2.20. The van der Waals surface area contributed by atoms with Crippen molar-refractivity contribution in [3.05, 3.63) is 35.4 Å². The zero-order valence-corrected chi connectivity index (χ0v) is 13.6. The number of hydrogen-bond donors (Lipinski definition) is 2. The van der Waals surface area contributed by atoms with E-state index in [4.69, 9.17) is 9.11 Å². The molecule has 0 amide bonds. The molecule has 14 heteroatoms. The summed E-state index contributed by atoms with van der Waals surface area (Å²) >= 11 is 0. The molecule has 0 aliphatic rings. The highest BCUT2D eigenvalue weighted by molar-refractivity contribution is 7.86. The third-order valence-electron chi connectivity index (χ3n) is 3.22. The van der Waals surface area contributed by atoms with E-state index in [0.717, 1.165) is 0 Å². The van der Waals surface area contributed by atoms with E-state index in [9.17, 15) is 43.2 Å². The van der Waals surface area contributed by atoms with Crippen LogP contribution in [-0.2, 0) is 32.6 Å². The van der Waals surface area contributed by atoms with Gasteiger partial charge in [0.1, 0.15) is 9.79 Å². The molecule has 0 atom stereocenters. The molecular weight excluding hydrogens is 418 g/mol. The van der Waals surface area contributed by atoms with Crippen LogP contribution in [-0.4, -0.2) is 25.9 Å². The predicted octanol–water partition coefficient (Wildman–Crippen LogP) is 3.37. The van der Waals surface area contributed by atoms with Crippen LogP contribution in [0.1, 0.15) is 11.1 Å². The maximum atomic E-state index is 13.2. The van der Waals surface area contributed by atoms with Crippen LogP contribution in [0, 0.1) is 0 Å². The van der Waals surface area contributed by atoms with Gasteiger partial charge in [0.25, 0.3) is 20.2 Å². The minimum atomic E-state index is -5.88. The second-order valence-electron chi connectivity index (χ2n) is 4.93. The van der Waals surface area contributed by atoms with E-state index in [2.05, 4.69) is 0 Å². The Morgan fingerprint density at radius 3 is 1.69 bits per heavy atom. The average molecular weight is 424 g/mol. The fourth-order valence-electron chi connectivity index (χ4n) is 2.36. The van der Waals surface area contributed by atoms with Gasteiger partial charge in [0.15, 0.2) is 0 Å². The van der Waals surface area contributed by atoms with Crippen LogP contribution in [0.5, 0.6) is 0 Å². The molecule has 26 heavy (non-hydrogen) atoms. The molecule has 0 bridgehead atoms. The summed E-state index contributed by atoms with van der Waals surface area (Å²) in [5.41, 5.74) is -5.24. The lowest BCUT2D eigenvalue weighted by molar-refractivity contribution is -0.163. The van der Waals surface area contributed by atoms with Gasteiger partial charge in [-0.2, -0.15) is 43.2 Å². The van der Waals surface area contributed by atoms with E-state index in [-0.39, 0.29) is 6.07 Å². The summed E-state index contributed by atoms with van der Waals surface area (Å²) in [6.07, 6.45) is -11.6. The molecule has 0 radical (unpaired) electrons. The number of halogens is 6. The molecule has 0 aliphatic heterocycles. The SMILES string of the molecule is O=S(=O)(O)c1cccc2c(S(=O)(=O)O)c(C(F)(F)F)c(C(F)(F)F)cc12. The van der Waals surface area contributed by atoms with Crippen molar-refractivity contribution in [1.82, 2.24) is 0 Å². The molecule has 0 aliphatic carbocycles. The first-order valence-corrected chi connectivity index (χ1v) is 9.03. The van der Waals surface area contributed by atoms with Gasteiger partial charge in [0.05, 0.1) is 11.1 Å². The van der Waals surface area contributed by atoms with Crippen LogP contribution in [0.4, 0.5) is 26.3 Å². The molecule has 2 aromatic carbocycles. The predicted molar refractivity (Wildman–Crippen MR) is 73.6 cm³/mol. The second-order valence-corrected chi connectivity index (χ2v) is 7.67. The molecule has 0 heterocycles. The normalized spacial score (nSPS) is 14.0. The summed E-state index contributed by atoms with van der Waals surface area (Å²) in [6.45, 7) is 0. The highest BCUT2D eigenvalue weighted by Crippen LogP contribution is 2.47. The van der Waals surface area contributed by atoms with Crippen LogP contribution in [0.2, 0.25) is 0 Å². The van der Waals surface area contributed by atoms with Gasteiger partial charge in [0.2, 0.25) is 0 Å². The first kappa shape index (κ1) is 20.4. The minimum Gasteiger partial charge on any atom is -0.282 e. The van der Waals surface area contributed by atoms with E-state index < -0.39 is 64.3 Å². The summed E-state index contributed by atoms with van der Waals surface area (Å²) in [4.78, 5) is -3.43. The number of fused-ring (bicyclic) bond motifs is 1. The summed E-state index contributed by atoms with van der Waals surface area (Å²) in [6, 6.07) is 1.55. The van der Waals surface area contributed by atoms with Gasteiger partial charge < -0.3 is 0 Å². The Morgan fingerprint density at radius 1 is 0.769 bits per heavy atom. The Kier molecular flexibility index (Phi) is 4.55. The van der Waals surface area contributed by atoms with Crippen molar-refractivity contribution in [1.29, 1.82) is 0 Å². The zero-order valence-electron chi connectivity index (χ0n) is 11.9. The van der Waals surface area contributed by atoms with Crippen molar-refractivity contribution in [2.24, 2.45) is 0 Å². The van der Waals surface area contributed by atoms with Gasteiger partial charge in [0, 0.05) is 10.8 Å². The van der Waals surface area contributed by atoms with E-state index in [0.29, 0.717) is 18.2 Å². The summed E-state index contributed by atoms with van der Waals surface area (Å²) in [5.74, 6) is 0. The fourth-order valence-corrected chi connectivity index (χ4v) is 4.00. The minimum absolute atomic E-state index is 0.254. The third-order valence-corrected chi connectivity index (χ3v) is 5.07. The van der Waals surface area contributed by atoms with Crippen LogP contribution in [0.25, 0.3) is 10.8 Å². The molecule has 0 spiro atoms. The van der Waals surface area contributed by atoms with Crippen molar-refractivity contribution < 1.29 is 52.3 Å². The molecule has 144 valence electrons. The van der Waals surface area contributed by atoms with Crippen LogP contribution in [0.3, 0.4) is 0 Å². The van der Waals surface area contributed by atoms with Crippen molar-refractivity contribution >= 4 is 31.0 Å². The molecule has 2 N–H and O–H groups in total. The summed E-state index contributed by atoms with van der Waals surface area (Å²) in [5, 5.41) is -2.33. The van der Waals surface area contributed by atoms with Crippen molar-refractivity contribution in [3.63, 3.8) is 0 Å². The standard InChI is InChI=1S/C12H6F6O6S2/c13-11(14,15)7-4-6-5(2-1-3-8(6)25(19,20)21)10(26(22,23)24)9(7)12(16,17)18/h1-4H,(H,19,20,21)(H,22,23,24). The van der Waals surface area contributed by atoms with E-state index in [1.54, 1.807) is 0 Å². The Balaban J connectivity index is 3.32. The largest absolute Gasteiger partial charge is 0.418 e. The van der Waals surface area contributed by atoms with Gasteiger partial charge in [-0.3, -0.25) is 9.11 Å². The average Bonchev–Trinajstić information content (AvgIpc) is 2.40. The molecule has 0 fully saturated rings. The van der Waals surface area contributed by atoms with Gasteiger partial charge in [-0.25, -0.2) is 0 Å². The van der Waals surface area contributed by atoms with Crippen LogP contribution in [0.15, 0.2) is 34.1 Å². The Hall–Kier alpha value is -1.90. The van der Waals surface area contributed by atoms with E-state index in [1.165, 1.54) is 0 Å². The van der Waals surface area contributed by atoms with Gasteiger partial charge in [-0.1, -0.05) is 12.1 Å². The van der Waals surface area contributed by atoms with Crippen molar-refractivity contribution in [3.8, 4) is 0 Å². The molecule has 6 nitrogen and oxygen atoms in total. The first-order chi connectivity index (χ1) is 11.5. The molecule has 0 unspecified atom stereocenters. The lowest BCUT2D eigenvalue weighted by Crippen LogP contribution is -2.21. The molecule has 0 aromatic heterocycles. The molecule has 0 saturated heterocycles. The molecule has 0 saturated carbocycles. The highest BCUT2D eigenvalue weighted by Gasteiger charge is 2.48. The third kappa shape index (κ3) is 3.62. The van der Waals surface area contributed by atoms with E-state index in [1.807, 2.05) is 0 Å². The maximum Gasteiger partial charge on any atom is 0.418 e. The second kappa shape index (κ2) is 5.80. The van der Waals surface area contributed by atoms with E-state index >= 15 is 0 Å². The lowest BCUT2D eigenvalue weighted by atomic mass is 9.99. The highest BCUT2D eigenvalue weighted by atomic mass is 32.2. The topological polar surface area (TPSA) is 109 Å².